The molecule has 0 saturated carbocycles. The van der Waals surface area contributed by atoms with Crippen molar-refractivity contribution in [3.8, 4) is 5.75 Å². The van der Waals surface area contributed by atoms with Crippen molar-refractivity contribution < 1.29 is 47.9 Å². The van der Waals surface area contributed by atoms with Gasteiger partial charge in [0.1, 0.15) is 23.3 Å². The monoisotopic (exact) mass is 559 g/mol. The standard InChI is InChI=1S/C22H20BFN5O9P/c24-13-8-10(4-5-15(13)39(35,36)37)17(29-19(30)14-6-7-26-22(25)27-14)20(31)28-16-9-11-2-1-3-12(21(32)33)18(11)38-23(16)34/h1-8,16-17,34H,9H2,(H,28,31)(H,29,30)(H,32,33)(H2,25,26,27)(H2,35,36,37)/t16-,17+/m0/s1. The van der Waals surface area contributed by atoms with E-state index in [1.54, 1.807) is 6.07 Å². The Balaban J connectivity index is 1.64. The number of carbonyl (C=O) groups excluding carboxylic acids is 2. The number of aromatic carboxylic acids is 1. The molecule has 2 heterocycles. The van der Waals surface area contributed by atoms with Crippen molar-refractivity contribution in [2.75, 3.05) is 5.73 Å². The van der Waals surface area contributed by atoms with Crippen molar-refractivity contribution in [2.24, 2.45) is 0 Å². The summed E-state index contributed by atoms with van der Waals surface area (Å²) in [6, 6.07) is 6.35. The van der Waals surface area contributed by atoms with Crippen LogP contribution in [0, 0.1) is 5.82 Å². The van der Waals surface area contributed by atoms with Gasteiger partial charge in [0.05, 0.1) is 16.8 Å². The molecule has 0 aliphatic carbocycles. The maximum Gasteiger partial charge on any atom is 0.547 e. The first-order valence-corrected chi connectivity index (χ1v) is 12.7. The summed E-state index contributed by atoms with van der Waals surface area (Å²) in [4.78, 5) is 63.7. The predicted molar refractivity (Wildman–Crippen MR) is 132 cm³/mol. The third-order valence-electron chi connectivity index (χ3n) is 5.74. The minimum atomic E-state index is -4.97. The Hall–Kier alpha value is -4.37. The minimum absolute atomic E-state index is 0.0576. The molecule has 39 heavy (non-hydrogen) atoms. The molecule has 0 unspecified atom stereocenters. The summed E-state index contributed by atoms with van der Waals surface area (Å²) < 4.78 is 31.5. The molecule has 1 aliphatic heterocycles. The van der Waals surface area contributed by atoms with Gasteiger partial charge in [-0.1, -0.05) is 18.2 Å². The molecule has 14 nitrogen and oxygen atoms in total. The van der Waals surface area contributed by atoms with E-state index < -0.39 is 55.6 Å². The fourth-order valence-corrected chi connectivity index (χ4v) is 4.54. The quantitative estimate of drug-likeness (QED) is 0.141. The van der Waals surface area contributed by atoms with Gasteiger partial charge in [0.25, 0.3) is 5.91 Å². The van der Waals surface area contributed by atoms with Crippen LogP contribution in [0.3, 0.4) is 0 Å². The highest BCUT2D eigenvalue weighted by molar-refractivity contribution is 7.60. The van der Waals surface area contributed by atoms with Gasteiger partial charge in [-0.3, -0.25) is 14.2 Å². The zero-order chi connectivity index (χ0) is 28.5. The number of hydrogen-bond donors (Lipinski definition) is 7. The van der Waals surface area contributed by atoms with Crippen molar-refractivity contribution in [2.45, 2.75) is 18.4 Å². The minimum Gasteiger partial charge on any atom is -0.534 e. The first-order chi connectivity index (χ1) is 18.3. The molecule has 2 amide bonds. The van der Waals surface area contributed by atoms with Gasteiger partial charge in [-0.25, -0.2) is 19.2 Å². The zero-order valence-electron chi connectivity index (χ0n) is 19.7. The first-order valence-electron chi connectivity index (χ1n) is 11.1. The van der Waals surface area contributed by atoms with E-state index in [0.29, 0.717) is 11.6 Å². The molecule has 202 valence electrons. The summed E-state index contributed by atoms with van der Waals surface area (Å²) in [5, 5.41) is 23.8. The van der Waals surface area contributed by atoms with E-state index in [2.05, 4.69) is 20.6 Å². The second kappa shape index (κ2) is 10.8. The molecule has 0 saturated heterocycles. The van der Waals surface area contributed by atoms with Crippen molar-refractivity contribution in [3.05, 3.63) is 76.9 Å². The van der Waals surface area contributed by atoms with Crippen LogP contribution in [0.1, 0.15) is 38.0 Å². The third kappa shape index (κ3) is 6.04. The highest BCUT2D eigenvalue weighted by Gasteiger charge is 2.39. The highest BCUT2D eigenvalue weighted by atomic mass is 31.2. The van der Waals surface area contributed by atoms with Crippen LogP contribution in [0.2, 0.25) is 0 Å². The normalized spacial score (nSPS) is 15.5. The second-order valence-corrected chi connectivity index (χ2v) is 9.96. The fourth-order valence-electron chi connectivity index (χ4n) is 3.93. The number of para-hydroxylation sites is 1. The Bertz CT molecular complexity index is 1520. The van der Waals surface area contributed by atoms with E-state index in [-0.39, 0.29) is 34.9 Å². The molecule has 1 aromatic heterocycles. The van der Waals surface area contributed by atoms with Gasteiger partial charge in [-0.05, 0) is 41.8 Å². The van der Waals surface area contributed by atoms with Gasteiger partial charge >= 0.3 is 20.7 Å². The second-order valence-electron chi connectivity index (χ2n) is 8.39. The molecular weight excluding hydrogens is 539 g/mol. The van der Waals surface area contributed by atoms with Crippen LogP contribution in [0.15, 0.2) is 48.7 Å². The van der Waals surface area contributed by atoms with Gasteiger partial charge in [-0.15, -0.1) is 0 Å². The van der Waals surface area contributed by atoms with E-state index in [9.17, 15) is 43.3 Å². The van der Waals surface area contributed by atoms with E-state index in [0.717, 1.165) is 12.1 Å². The molecule has 17 heteroatoms. The Morgan fingerprint density at radius 3 is 2.59 bits per heavy atom. The lowest BCUT2D eigenvalue weighted by atomic mass is 9.72. The Kier molecular flexibility index (Phi) is 7.65. The van der Waals surface area contributed by atoms with Gasteiger partial charge in [0, 0.05) is 6.20 Å². The van der Waals surface area contributed by atoms with Crippen LogP contribution < -0.4 is 26.3 Å². The molecular formula is C22H20BFN5O9P. The van der Waals surface area contributed by atoms with Gasteiger partial charge < -0.3 is 40.9 Å². The van der Waals surface area contributed by atoms with Crippen LogP contribution in [0.4, 0.5) is 10.3 Å². The van der Waals surface area contributed by atoms with Gasteiger partial charge in [0.2, 0.25) is 11.9 Å². The van der Waals surface area contributed by atoms with Crippen molar-refractivity contribution in [1.29, 1.82) is 0 Å². The van der Waals surface area contributed by atoms with E-state index in [1.165, 1.54) is 24.4 Å². The molecule has 2 aromatic carbocycles. The molecule has 2 atom stereocenters. The van der Waals surface area contributed by atoms with Crippen LogP contribution >= 0.6 is 7.60 Å². The summed E-state index contributed by atoms with van der Waals surface area (Å²) in [5.74, 6) is -5.90. The molecule has 0 radical (unpaired) electrons. The van der Waals surface area contributed by atoms with E-state index in [4.69, 9.17) is 10.4 Å². The average Bonchev–Trinajstić information content (AvgIpc) is 2.86. The zero-order valence-corrected chi connectivity index (χ0v) is 20.6. The lowest BCUT2D eigenvalue weighted by Crippen LogP contribution is -2.55. The largest absolute Gasteiger partial charge is 0.547 e. The van der Waals surface area contributed by atoms with Crippen LogP contribution in [0.25, 0.3) is 0 Å². The Morgan fingerprint density at radius 1 is 1.21 bits per heavy atom. The van der Waals surface area contributed by atoms with Gasteiger partial charge in [0.15, 0.2) is 0 Å². The average molecular weight is 559 g/mol. The number of halogens is 1. The number of rotatable bonds is 7. The van der Waals surface area contributed by atoms with Crippen molar-refractivity contribution in [1.82, 2.24) is 20.6 Å². The number of hydrogen-bond acceptors (Lipinski definition) is 9. The lowest BCUT2D eigenvalue weighted by Gasteiger charge is -2.30. The molecule has 0 spiro atoms. The molecule has 8 N–H and O–H groups in total. The topological polar surface area (TPSA) is 234 Å². The third-order valence-corrected chi connectivity index (χ3v) is 6.73. The number of anilines is 1. The summed E-state index contributed by atoms with van der Waals surface area (Å²) in [6.45, 7) is 0. The summed E-state index contributed by atoms with van der Waals surface area (Å²) in [7, 11) is -6.66. The molecule has 0 fully saturated rings. The molecule has 1 aliphatic rings. The maximum atomic E-state index is 14.6. The summed E-state index contributed by atoms with van der Waals surface area (Å²) >= 11 is 0. The maximum absolute atomic E-state index is 14.6. The van der Waals surface area contributed by atoms with Crippen molar-refractivity contribution in [3.63, 3.8) is 0 Å². The summed E-state index contributed by atoms with van der Waals surface area (Å²) in [6.07, 6.45) is 1.14. The SMILES string of the molecule is Nc1nccc(C(=O)N[C@@H](C(=O)N[C@H]2Cc3cccc(C(=O)O)c3OB2O)c2ccc(P(=O)(O)O)c(F)c2)n1. The number of nitrogen functional groups attached to an aromatic ring is 1. The molecule has 4 rings (SSSR count). The number of benzene rings is 2. The van der Waals surface area contributed by atoms with Crippen LogP contribution in [0.5, 0.6) is 5.75 Å². The van der Waals surface area contributed by atoms with Crippen LogP contribution in [-0.2, 0) is 15.8 Å². The highest BCUT2D eigenvalue weighted by Crippen LogP contribution is 2.35. The molecule has 0 bridgehead atoms. The number of fused-ring (bicyclic) bond motifs is 1. The van der Waals surface area contributed by atoms with Gasteiger partial charge in [-0.2, -0.15) is 0 Å². The first kappa shape index (κ1) is 27.7. The van der Waals surface area contributed by atoms with E-state index in [1.807, 2.05) is 0 Å². The number of carbonyl (C=O) groups is 3. The number of carboxylic acid groups (broad SMARTS) is 1. The number of nitrogens with two attached hydrogens (primary N) is 1. The summed E-state index contributed by atoms with van der Waals surface area (Å²) in [5.41, 5.74) is 5.26. The van der Waals surface area contributed by atoms with Crippen LogP contribution in [-0.4, -0.2) is 60.7 Å². The van der Waals surface area contributed by atoms with E-state index >= 15 is 0 Å². The van der Waals surface area contributed by atoms with Crippen molar-refractivity contribution >= 4 is 43.8 Å². The smallest absolute Gasteiger partial charge is 0.534 e. The molecule has 3 aromatic rings. The number of carboxylic acids is 1. The number of nitrogens with zero attached hydrogens (tertiary/aromatic N) is 2. The Morgan fingerprint density at radius 2 is 1.95 bits per heavy atom. The number of aromatic nitrogens is 2. The predicted octanol–water partition coefficient (Wildman–Crippen LogP) is -0.690. The number of nitrogens with one attached hydrogen (secondary N) is 2. The Labute approximate surface area is 219 Å². The fraction of sp³-hybridized carbons (Fsp3) is 0.136. The lowest BCUT2D eigenvalue weighted by molar-refractivity contribution is -0.123. The number of amides is 2.